The molecule has 0 amide bonds. The number of halogens is 3. The number of ether oxygens (including phenoxy) is 1. The molecule has 1 aliphatic rings. The van der Waals surface area contributed by atoms with E-state index in [4.69, 9.17) is 4.74 Å². The van der Waals surface area contributed by atoms with Gasteiger partial charge in [0.15, 0.2) is 0 Å². The molecular formula is C22H28F3NOS. The van der Waals surface area contributed by atoms with Crippen LogP contribution in [-0.2, 0) is 6.18 Å². The van der Waals surface area contributed by atoms with Crippen molar-refractivity contribution in [3.63, 3.8) is 0 Å². The number of unbranched alkanes of at least 4 members (excludes halogenated alkanes) is 2. The molecule has 2 heterocycles. The molecule has 6 heteroatoms. The Morgan fingerprint density at radius 3 is 2.75 bits per heavy atom. The first-order valence-electron chi connectivity index (χ1n) is 10.0. The smallest absolute Gasteiger partial charge is 0.416 e. The van der Waals surface area contributed by atoms with Gasteiger partial charge in [-0.2, -0.15) is 13.2 Å². The van der Waals surface area contributed by atoms with E-state index in [1.807, 2.05) is 0 Å². The Bertz CT molecular complexity index is 717. The first-order chi connectivity index (χ1) is 13.5. The number of likely N-dealkylation sites (tertiary alicyclic amines) is 1. The summed E-state index contributed by atoms with van der Waals surface area (Å²) in [4.78, 5) is 3.84. The minimum atomic E-state index is -4.35. The molecule has 0 bridgehead atoms. The van der Waals surface area contributed by atoms with Crippen LogP contribution in [0, 0.1) is 5.92 Å². The van der Waals surface area contributed by atoms with Crippen LogP contribution in [0.5, 0.6) is 5.75 Å². The van der Waals surface area contributed by atoms with Crippen LogP contribution in [0.4, 0.5) is 13.2 Å². The van der Waals surface area contributed by atoms with Crippen LogP contribution in [0.15, 0.2) is 41.8 Å². The molecule has 28 heavy (non-hydrogen) atoms. The summed E-state index contributed by atoms with van der Waals surface area (Å²) in [6, 6.07) is 9.43. The lowest BCUT2D eigenvalue weighted by atomic mass is 9.84. The van der Waals surface area contributed by atoms with Gasteiger partial charge in [-0.3, -0.25) is 0 Å². The van der Waals surface area contributed by atoms with Gasteiger partial charge < -0.3 is 9.64 Å². The minimum Gasteiger partial charge on any atom is -0.493 e. The standard InChI is InChI=1S/C22H28F3NOS/c1-2-3-4-11-26-12-10-20(21-9-6-13-28-21)17(15-26)16-27-19-8-5-7-18(14-19)22(23,24)25/h5-9,13-14,17,20H,2-4,10-12,15-16H2,1H3. The van der Waals surface area contributed by atoms with Crippen molar-refractivity contribution in [1.29, 1.82) is 0 Å². The van der Waals surface area contributed by atoms with E-state index in [2.05, 4.69) is 29.3 Å². The number of hydrogen-bond acceptors (Lipinski definition) is 3. The lowest BCUT2D eigenvalue weighted by Gasteiger charge is -2.38. The number of nitrogens with zero attached hydrogens (tertiary/aromatic N) is 1. The molecule has 1 aliphatic heterocycles. The van der Waals surface area contributed by atoms with Gasteiger partial charge in [0, 0.05) is 23.3 Å². The Labute approximate surface area is 169 Å². The Balaban J connectivity index is 1.66. The number of rotatable bonds is 8. The highest BCUT2D eigenvalue weighted by Crippen LogP contribution is 2.37. The fraction of sp³-hybridized carbons (Fsp3) is 0.545. The molecule has 2 atom stereocenters. The third-order valence-electron chi connectivity index (χ3n) is 5.43. The van der Waals surface area contributed by atoms with Crippen molar-refractivity contribution in [1.82, 2.24) is 4.90 Å². The second kappa shape index (κ2) is 9.79. The van der Waals surface area contributed by atoms with Gasteiger partial charge in [0.05, 0.1) is 12.2 Å². The van der Waals surface area contributed by atoms with Gasteiger partial charge in [-0.05, 0) is 55.6 Å². The molecule has 0 saturated carbocycles. The van der Waals surface area contributed by atoms with E-state index in [9.17, 15) is 13.2 Å². The first kappa shape index (κ1) is 21.2. The van der Waals surface area contributed by atoms with Crippen LogP contribution in [0.3, 0.4) is 0 Å². The lowest BCUT2D eigenvalue weighted by molar-refractivity contribution is -0.137. The summed E-state index contributed by atoms with van der Waals surface area (Å²) >= 11 is 1.76. The van der Waals surface area contributed by atoms with Crippen LogP contribution in [-0.4, -0.2) is 31.1 Å². The number of piperidine rings is 1. The SMILES string of the molecule is CCCCCN1CCC(c2cccs2)C(COc2cccc(C(F)(F)F)c2)C1. The molecule has 1 fully saturated rings. The minimum absolute atomic E-state index is 0.281. The predicted molar refractivity (Wildman–Crippen MR) is 108 cm³/mol. The van der Waals surface area contributed by atoms with Crippen molar-refractivity contribution in [2.75, 3.05) is 26.2 Å². The van der Waals surface area contributed by atoms with Crippen molar-refractivity contribution >= 4 is 11.3 Å². The van der Waals surface area contributed by atoms with Crippen LogP contribution in [0.1, 0.15) is 49.0 Å². The number of thiophene rings is 1. The maximum Gasteiger partial charge on any atom is 0.416 e. The lowest BCUT2D eigenvalue weighted by Crippen LogP contribution is -2.42. The second-order valence-corrected chi connectivity index (χ2v) is 8.49. The number of alkyl halides is 3. The number of benzene rings is 1. The van der Waals surface area contributed by atoms with Gasteiger partial charge in [0.25, 0.3) is 0 Å². The molecule has 0 spiro atoms. The molecule has 1 aromatic heterocycles. The predicted octanol–water partition coefficient (Wildman–Crippen LogP) is 6.44. The largest absolute Gasteiger partial charge is 0.493 e. The van der Waals surface area contributed by atoms with Gasteiger partial charge in [-0.25, -0.2) is 0 Å². The molecular weight excluding hydrogens is 383 g/mol. The van der Waals surface area contributed by atoms with Crippen molar-refractivity contribution in [3.05, 3.63) is 52.2 Å². The molecule has 0 N–H and O–H groups in total. The molecule has 1 aromatic carbocycles. The van der Waals surface area contributed by atoms with Crippen LogP contribution in [0.25, 0.3) is 0 Å². The van der Waals surface area contributed by atoms with Crippen LogP contribution in [0.2, 0.25) is 0 Å². The molecule has 1 saturated heterocycles. The van der Waals surface area contributed by atoms with E-state index in [-0.39, 0.29) is 5.92 Å². The maximum atomic E-state index is 12.9. The topological polar surface area (TPSA) is 12.5 Å². The van der Waals surface area contributed by atoms with E-state index in [1.165, 1.54) is 30.2 Å². The highest BCUT2D eigenvalue weighted by atomic mass is 32.1. The fourth-order valence-electron chi connectivity index (χ4n) is 3.91. The summed E-state index contributed by atoms with van der Waals surface area (Å²) in [6.45, 7) is 5.74. The molecule has 2 nitrogen and oxygen atoms in total. The van der Waals surface area contributed by atoms with Gasteiger partial charge in [-0.15, -0.1) is 11.3 Å². The zero-order valence-corrected chi connectivity index (χ0v) is 17.1. The van der Waals surface area contributed by atoms with Gasteiger partial charge in [-0.1, -0.05) is 31.9 Å². The summed E-state index contributed by atoms with van der Waals surface area (Å²) in [5.74, 6) is 0.986. The molecule has 0 radical (unpaired) electrons. The summed E-state index contributed by atoms with van der Waals surface area (Å²) < 4.78 is 44.7. The molecule has 3 rings (SSSR count). The van der Waals surface area contributed by atoms with E-state index in [1.54, 1.807) is 17.4 Å². The molecule has 2 aromatic rings. The Morgan fingerprint density at radius 2 is 2.04 bits per heavy atom. The third kappa shape index (κ3) is 5.74. The van der Waals surface area contributed by atoms with Crippen molar-refractivity contribution < 1.29 is 17.9 Å². The summed E-state index contributed by atoms with van der Waals surface area (Å²) in [7, 11) is 0. The monoisotopic (exact) mass is 411 g/mol. The van der Waals surface area contributed by atoms with E-state index < -0.39 is 11.7 Å². The van der Waals surface area contributed by atoms with Crippen molar-refractivity contribution in [2.45, 2.75) is 44.7 Å². The average Bonchev–Trinajstić information content (AvgIpc) is 3.21. The second-order valence-electron chi connectivity index (χ2n) is 7.51. The zero-order chi connectivity index (χ0) is 20.0. The quantitative estimate of drug-likeness (QED) is 0.463. The van der Waals surface area contributed by atoms with Crippen molar-refractivity contribution in [3.8, 4) is 5.75 Å². The number of hydrogen-bond donors (Lipinski definition) is 0. The zero-order valence-electron chi connectivity index (χ0n) is 16.3. The van der Waals surface area contributed by atoms with Gasteiger partial charge >= 0.3 is 6.18 Å². The fourth-order valence-corrected chi connectivity index (χ4v) is 4.86. The molecule has 0 aliphatic carbocycles. The van der Waals surface area contributed by atoms with E-state index >= 15 is 0 Å². The first-order valence-corrected chi connectivity index (χ1v) is 10.9. The Hall–Kier alpha value is -1.53. The van der Waals surface area contributed by atoms with Crippen molar-refractivity contribution in [2.24, 2.45) is 5.92 Å². The van der Waals surface area contributed by atoms with Gasteiger partial charge in [0.1, 0.15) is 5.75 Å². The van der Waals surface area contributed by atoms with Gasteiger partial charge in [0.2, 0.25) is 0 Å². The van der Waals surface area contributed by atoms with E-state index in [0.29, 0.717) is 18.3 Å². The van der Waals surface area contributed by atoms with Crippen LogP contribution < -0.4 is 4.74 Å². The van der Waals surface area contributed by atoms with E-state index in [0.717, 1.165) is 38.2 Å². The third-order valence-corrected chi connectivity index (χ3v) is 6.43. The highest BCUT2D eigenvalue weighted by molar-refractivity contribution is 7.10. The molecule has 2 unspecified atom stereocenters. The Morgan fingerprint density at radius 1 is 1.18 bits per heavy atom. The maximum absolute atomic E-state index is 12.9. The molecule has 154 valence electrons. The highest BCUT2D eigenvalue weighted by Gasteiger charge is 2.32. The summed E-state index contributed by atoms with van der Waals surface area (Å²) in [6.07, 6.45) is 0.356. The normalized spacial score (nSPS) is 21.0. The summed E-state index contributed by atoms with van der Waals surface area (Å²) in [5, 5.41) is 2.09. The Kier molecular flexibility index (Phi) is 7.41. The average molecular weight is 412 g/mol. The summed E-state index contributed by atoms with van der Waals surface area (Å²) in [5.41, 5.74) is -0.662. The van der Waals surface area contributed by atoms with Crippen LogP contribution >= 0.6 is 11.3 Å².